The maximum Gasteiger partial charge on any atom is 0.358 e. The van der Waals surface area contributed by atoms with Gasteiger partial charge in [0.05, 0.1) is 18.1 Å². The molecular formula is C12H15N3O2. The van der Waals surface area contributed by atoms with Crippen LogP contribution in [0, 0.1) is 6.92 Å². The first-order valence-electron chi connectivity index (χ1n) is 5.59. The summed E-state index contributed by atoms with van der Waals surface area (Å²) in [5.41, 5.74) is 2.71. The highest BCUT2D eigenvalue weighted by molar-refractivity contribution is 6.00. The number of ether oxygens (including phenoxy) is 1. The molecule has 0 saturated carbocycles. The number of esters is 1. The first-order valence-corrected chi connectivity index (χ1v) is 5.59. The Morgan fingerprint density at radius 3 is 2.94 bits per heavy atom. The second-order valence-electron chi connectivity index (χ2n) is 3.94. The number of nitrogens with one attached hydrogen (secondary N) is 1. The van der Waals surface area contributed by atoms with Crippen molar-refractivity contribution in [1.29, 1.82) is 0 Å². The molecule has 0 fully saturated rings. The van der Waals surface area contributed by atoms with Gasteiger partial charge in [-0.3, -0.25) is 0 Å². The van der Waals surface area contributed by atoms with Crippen LogP contribution in [0.5, 0.6) is 0 Å². The average molecular weight is 233 g/mol. The summed E-state index contributed by atoms with van der Waals surface area (Å²) in [5, 5.41) is 0. The van der Waals surface area contributed by atoms with Crippen molar-refractivity contribution < 1.29 is 9.53 Å². The Bertz CT molecular complexity index is 560. The van der Waals surface area contributed by atoms with E-state index in [1.807, 2.05) is 6.92 Å². The van der Waals surface area contributed by atoms with Gasteiger partial charge in [-0.1, -0.05) is 6.92 Å². The zero-order valence-electron chi connectivity index (χ0n) is 10.2. The molecule has 2 aromatic rings. The third kappa shape index (κ3) is 2.00. The normalized spacial score (nSPS) is 10.8. The van der Waals surface area contributed by atoms with Gasteiger partial charge in [-0.25, -0.2) is 14.8 Å². The molecule has 0 aliphatic carbocycles. The number of nitrogens with zero attached hydrogens (tertiary/aromatic N) is 2. The molecule has 0 aliphatic rings. The predicted molar refractivity (Wildman–Crippen MR) is 64.0 cm³/mol. The summed E-state index contributed by atoms with van der Waals surface area (Å²) < 4.78 is 4.70. The lowest BCUT2D eigenvalue weighted by atomic mass is 10.2. The largest absolute Gasteiger partial charge is 0.464 e. The van der Waals surface area contributed by atoms with E-state index in [-0.39, 0.29) is 0 Å². The number of carbonyl (C=O) groups excluding carboxylic acids is 1. The molecule has 5 nitrogen and oxygen atoms in total. The van der Waals surface area contributed by atoms with Gasteiger partial charge in [0.1, 0.15) is 5.82 Å². The zero-order chi connectivity index (χ0) is 12.4. The number of aromatic amines is 1. The van der Waals surface area contributed by atoms with Crippen LogP contribution >= 0.6 is 0 Å². The van der Waals surface area contributed by atoms with Gasteiger partial charge in [-0.15, -0.1) is 0 Å². The summed E-state index contributed by atoms with van der Waals surface area (Å²) in [6, 6.07) is 0. The minimum Gasteiger partial charge on any atom is -0.464 e. The number of rotatable bonds is 3. The smallest absolute Gasteiger partial charge is 0.358 e. The number of hydrogen-bond acceptors (Lipinski definition) is 4. The molecule has 0 atom stereocenters. The van der Waals surface area contributed by atoms with E-state index in [0.717, 1.165) is 29.7 Å². The van der Waals surface area contributed by atoms with Gasteiger partial charge >= 0.3 is 5.97 Å². The van der Waals surface area contributed by atoms with E-state index in [2.05, 4.69) is 21.9 Å². The van der Waals surface area contributed by atoms with Gasteiger partial charge < -0.3 is 9.72 Å². The van der Waals surface area contributed by atoms with Crippen LogP contribution in [0.25, 0.3) is 11.0 Å². The number of aryl methyl sites for hydroxylation is 2. The van der Waals surface area contributed by atoms with Crippen LogP contribution in [-0.4, -0.2) is 28.0 Å². The number of fused-ring (bicyclic) bond motifs is 1. The third-order valence-electron chi connectivity index (χ3n) is 2.62. The first kappa shape index (κ1) is 11.6. The van der Waals surface area contributed by atoms with Crippen molar-refractivity contribution in [2.75, 3.05) is 7.11 Å². The summed E-state index contributed by atoms with van der Waals surface area (Å²) in [6.45, 7) is 4.01. The van der Waals surface area contributed by atoms with Crippen LogP contribution in [0.4, 0.5) is 0 Å². The van der Waals surface area contributed by atoms with Gasteiger partial charge in [-0.2, -0.15) is 0 Å². The van der Waals surface area contributed by atoms with Gasteiger partial charge in [0.25, 0.3) is 0 Å². The summed E-state index contributed by atoms with van der Waals surface area (Å²) >= 11 is 0. The third-order valence-corrected chi connectivity index (χ3v) is 2.62. The van der Waals surface area contributed by atoms with E-state index in [4.69, 9.17) is 4.74 Å². The molecular weight excluding hydrogens is 218 g/mol. The van der Waals surface area contributed by atoms with E-state index in [9.17, 15) is 4.79 Å². The molecule has 2 heterocycles. The van der Waals surface area contributed by atoms with E-state index >= 15 is 0 Å². The fraction of sp³-hybridized carbons (Fsp3) is 0.417. The molecule has 0 unspecified atom stereocenters. The molecule has 0 aromatic carbocycles. The molecule has 0 amide bonds. The number of methoxy groups -OCH3 is 1. The lowest BCUT2D eigenvalue weighted by molar-refractivity contribution is 0.0596. The van der Waals surface area contributed by atoms with Crippen LogP contribution in [0.1, 0.15) is 35.2 Å². The Morgan fingerprint density at radius 1 is 1.53 bits per heavy atom. The molecule has 0 radical (unpaired) electrons. The van der Waals surface area contributed by atoms with E-state index in [0.29, 0.717) is 11.2 Å². The number of H-pyrrole nitrogens is 1. The highest BCUT2D eigenvalue weighted by Crippen LogP contribution is 2.19. The lowest BCUT2D eigenvalue weighted by Crippen LogP contribution is -2.05. The fourth-order valence-corrected chi connectivity index (χ4v) is 1.77. The lowest BCUT2D eigenvalue weighted by Gasteiger charge is -2.00. The molecule has 2 rings (SSSR count). The minimum absolute atomic E-state index is 0.294. The Labute approximate surface area is 99.2 Å². The van der Waals surface area contributed by atoms with E-state index in [1.165, 1.54) is 7.11 Å². The molecule has 0 bridgehead atoms. The Balaban J connectivity index is 2.62. The second kappa shape index (κ2) is 4.53. The SMILES string of the molecule is CCCc1nc2c(C)cnc(C(=O)OC)c2[nH]1. The second-order valence-corrected chi connectivity index (χ2v) is 3.94. The van der Waals surface area contributed by atoms with Crippen molar-refractivity contribution in [3.63, 3.8) is 0 Å². The first-order chi connectivity index (χ1) is 8.17. The maximum atomic E-state index is 11.6. The topological polar surface area (TPSA) is 67.9 Å². The fourth-order valence-electron chi connectivity index (χ4n) is 1.77. The monoisotopic (exact) mass is 233 g/mol. The van der Waals surface area contributed by atoms with Crippen LogP contribution in [0.15, 0.2) is 6.20 Å². The highest BCUT2D eigenvalue weighted by Gasteiger charge is 2.16. The number of pyridine rings is 1. The van der Waals surface area contributed by atoms with Gasteiger partial charge in [0, 0.05) is 12.6 Å². The van der Waals surface area contributed by atoms with Crippen LogP contribution in [0.3, 0.4) is 0 Å². The molecule has 1 N–H and O–H groups in total. The van der Waals surface area contributed by atoms with Crippen LogP contribution < -0.4 is 0 Å². The van der Waals surface area contributed by atoms with E-state index < -0.39 is 5.97 Å². The molecule has 0 saturated heterocycles. The van der Waals surface area contributed by atoms with Crippen molar-refractivity contribution in [2.45, 2.75) is 26.7 Å². The van der Waals surface area contributed by atoms with Crippen LogP contribution in [0.2, 0.25) is 0 Å². The Kier molecular flexibility index (Phi) is 3.08. The van der Waals surface area contributed by atoms with Crippen molar-refractivity contribution in [3.05, 3.63) is 23.3 Å². The average Bonchev–Trinajstić information content (AvgIpc) is 2.74. The number of imidazole rings is 1. The highest BCUT2D eigenvalue weighted by atomic mass is 16.5. The Hall–Kier alpha value is -1.91. The predicted octanol–water partition coefficient (Wildman–Crippen LogP) is 2.01. The molecule has 90 valence electrons. The summed E-state index contributed by atoms with van der Waals surface area (Å²) in [4.78, 5) is 23.3. The van der Waals surface area contributed by atoms with E-state index in [1.54, 1.807) is 6.20 Å². The standard InChI is InChI=1S/C12H15N3O2/c1-4-5-8-14-9-7(2)6-13-11(10(9)15-8)12(16)17-3/h6H,4-5H2,1-3H3,(H,14,15). The van der Waals surface area contributed by atoms with Gasteiger partial charge in [0.15, 0.2) is 5.69 Å². The quantitative estimate of drug-likeness (QED) is 0.823. The number of carbonyl (C=O) groups is 1. The van der Waals surface area contributed by atoms with Crippen molar-refractivity contribution in [1.82, 2.24) is 15.0 Å². The summed E-state index contributed by atoms with van der Waals surface area (Å²) in [5.74, 6) is 0.436. The molecule has 2 aromatic heterocycles. The molecule has 0 aliphatic heterocycles. The van der Waals surface area contributed by atoms with Gasteiger partial charge in [0.2, 0.25) is 0 Å². The summed E-state index contributed by atoms with van der Waals surface area (Å²) in [7, 11) is 1.35. The van der Waals surface area contributed by atoms with Crippen molar-refractivity contribution in [3.8, 4) is 0 Å². The summed E-state index contributed by atoms with van der Waals surface area (Å²) in [6.07, 6.45) is 3.50. The number of hydrogen-bond donors (Lipinski definition) is 1. The maximum absolute atomic E-state index is 11.6. The van der Waals surface area contributed by atoms with Crippen molar-refractivity contribution >= 4 is 17.0 Å². The molecule has 17 heavy (non-hydrogen) atoms. The van der Waals surface area contributed by atoms with Crippen LogP contribution in [-0.2, 0) is 11.2 Å². The minimum atomic E-state index is -0.443. The van der Waals surface area contributed by atoms with Crippen molar-refractivity contribution in [2.24, 2.45) is 0 Å². The Morgan fingerprint density at radius 2 is 2.29 bits per heavy atom. The van der Waals surface area contributed by atoms with Gasteiger partial charge in [-0.05, 0) is 18.9 Å². The zero-order valence-corrected chi connectivity index (χ0v) is 10.2. The molecule has 5 heteroatoms. The molecule has 0 spiro atoms. The number of aromatic nitrogens is 3.